The maximum atomic E-state index is 16.1. The number of aliphatic hydroxyl groups is 2. The third-order valence-electron chi connectivity index (χ3n) is 12.0. The monoisotopic (exact) mass is 452 g/mol. The highest BCUT2D eigenvalue weighted by Gasteiger charge is 2.73. The summed E-state index contributed by atoms with van der Waals surface area (Å²) in [5.74, 6) is -1.94. The predicted molar refractivity (Wildman–Crippen MR) is 123 cm³/mol. The number of hydrogen-bond donors (Lipinski definition) is 2. The molecule has 5 aliphatic rings. The van der Waals surface area contributed by atoms with E-state index in [-0.39, 0.29) is 46.5 Å². The first kappa shape index (κ1) is 23.5. The lowest BCUT2D eigenvalue weighted by Gasteiger charge is -2.64. The Labute approximate surface area is 193 Å². The summed E-state index contributed by atoms with van der Waals surface area (Å²) in [5.41, 5.74) is -0.895. The fourth-order valence-electron chi connectivity index (χ4n) is 10.1. The Kier molecular flexibility index (Phi) is 5.26. The van der Waals surface area contributed by atoms with E-state index >= 15 is 8.78 Å². The zero-order valence-corrected chi connectivity index (χ0v) is 21.0. The molecule has 5 saturated carbocycles. The summed E-state index contributed by atoms with van der Waals surface area (Å²) < 4.78 is 32.2. The van der Waals surface area contributed by atoms with E-state index in [4.69, 9.17) is 0 Å². The van der Waals surface area contributed by atoms with Crippen LogP contribution < -0.4 is 0 Å². The molecule has 1 spiro atoms. The number of alkyl halides is 2. The fourth-order valence-corrected chi connectivity index (χ4v) is 10.1. The van der Waals surface area contributed by atoms with Gasteiger partial charge in [0.2, 0.25) is 0 Å². The molecule has 0 bridgehead atoms. The van der Waals surface area contributed by atoms with Crippen LogP contribution in [0.2, 0.25) is 0 Å². The van der Waals surface area contributed by atoms with E-state index in [1.54, 1.807) is 0 Å². The first-order valence-corrected chi connectivity index (χ1v) is 13.5. The largest absolute Gasteiger partial charge is 0.393 e. The van der Waals surface area contributed by atoms with Gasteiger partial charge >= 0.3 is 0 Å². The Morgan fingerprint density at radius 1 is 0.938 bits per heavy atom. The average Bonchev–Trinajstić information content (AvgIpc) is 3.41. The van der Waals surface area contributed by atoms with E-state index in [9.17, 15) is 10.2 Å². The molecular formula is C28H46F2O2. The van der Waals surface area contributed by atoms with Crippen LogP contribution in [0.1, 0.15) is 105 Å². The van der Waals surface area contributed by atoms with Crippen molar-refractivity contribution >= 4 is 0 Å². The van der Waals surface area contributed by atoms with Crippen molar-refractivity contribution in [2.75, 3.05) is 0 Å². The SMILES string of the molecule is C[C@H](CCC(C)(C)O)[C@H]1CCC2[C@H]3[C@H](CC[C@@]21C)[C@@]1(C)CC[C@H](O)C2(CC2)[C@@H]1CC3(F)F. The molecule has 0 aromatic carbocycles. The molecule has 2 N–H and O–H groups in total. The Balaban J connectivity index is 1.42. The second-order valence-corrected chi connectivity index (χ2v) is 14.1. The van der Waals surface area contributed by atoms with Gasteiger partial charge in [0.1, 0.15) is 0 Å². The van der Waals surface area contributed by atoms with Crippen LogP contribution in [-0.4, -0.2) is 27.8 Å². The van der Waals surface area contributed by atoms with Gasteiger partial charge in [0.25, 0.3) is 5.92 Å². The molecule has 0 radical (unpaired) electrons. The standard InChI is InChI=1S/C28H46F2O2/c1-17(8-11-24(2,3)32)18-6-7-19-23-20(9-12-25(18,19)4)26(5)13-10-22(31)27(14-15-27)21(26)16-28(23,29)30/h17-23,31-32H,6-16H2,1-5H3/t17-,18-,19?,20+,21-,22+,23+,25-,26-/m1/s1. The highest BCUT2D eigenvalue weighted by molar-refractivity contribution is 5.20. The smallest absolute Gasteiger partial charge is 0.251 e. The van der Waals surface area contributed by atoms with Crippen molar-refractivity contribution in [3.63, 3.8) is 0 Å². The van der Waals surface area contributed by atoms with Crippen LogP contribution in [0, 0.1) is 51.8 Å². The molecule has 0 aromatic heterocycles. The minimum absolute atomic E-state index is 0.00173. The van der Waals surface area contributed by atoms with Crippen molar-refractivity contribution < 1.29 is 19.0 Å². The minimum atomic E-state index is -2.61. The zero-order chi connectivity index (χ0) is 23.3. The Hall–Kier alpha value is -0.220. The molecule has 0 aromatic rings. The normalized spacial score (nSPS) is 49.8. The summed E-state index contributed by atoms with van der Waals surface area (Å²) in [5, 5.41) is 21.0. The van der Waals surface area contributed by atoms with Crippen molar-refractivity contribution in [1.29, 1.82) is 0 Å². The molecule has 5 aliphatic carbocycles. The van der Waals surface area contributed by atoms with Gasteiger partial charge in [-0.15, -0.1) is 0 Å². The summed E-state index contributed by atoms with van der Waals surface area (Å²) in [7, 11) is 0. The van der Waals surface area contributed by atoms with Crippen LogP contribution in [0.25, 0.3) is 0 Å². The van der Waals surface area contributed by atoms with Gasteiger partial charge < -0.3 is 10.2 Å². The van der Waals surface area contributed by atoms with Crippen molar-refractivity contribution in [1.82, 2.24) is 0 Å². The van der Waals surface area contributed by atoms with Gasteiger partial charge in [0, 0.05) is 12.3 Å². The van der Waals surface area contributed by atoms with Crippen molar-refractivity contribution in [3.8, 4) is 0 Å². The molecule has 0 aliphatic heterocycles. The molecule has 0 amide bonds. The molecule has 0 saturated heterocycles. The third-order valence-corrected chi connectivity index (χ3v) is 12.0. The molecule has 184 valence electrons. The Morgan fingerprint density at radius 3 is 2.19 bits per heavy atom. The molecular weight excluding hydrogens is 406 g/mol. The average molecular weight is 453 g/mol. The van der Waals surface area contributed by atoms with Crippen LogP contribution in [0.4, 0.5) is 8.78 Å². The number of hydrogen-bond acceptors (Lipinski definition) is 2. The molecule has 5 fully saturated rings. The van der Waals surface area contributed by atoms with Gasteiger partial charge in [-0.25, -0.2) is 8.78 Å². The summed E-state index contributed by atoms with van der Waals surface area (Å²) in [6, 6.07) is 0. The van der Waals surface area contributed by atoms with E-state index in [0.29, 0.717) is 11.8 Å². The third kappa shape index (κ3) is 3.28. The van der Waals surface area contributed by atoms with E-state index < -0.39 is 17.4 Å². The van der Waals surface area contributed by atoms with Gasteiger partial charge in [0.05, 0.1) is 11.7 Å². The van der Waals surface area contributed by atoms with Crippen LogP contribution in [0.3, 0.4) is 0 Å². The van der Waals surface area contributed by atoms with Crippen molar-refractivity contribution in [2.24, 2.45) is 51.8 Å². The molecule has 9 atom stereocenters. The minimum Gasteiger partial charge on any atom is -0.393 e. The molecule has 32 heavy (non-hydrogen) atoms. The number of fused-ring (bicyclic) bond motifs is 6. The second-order valence-electron chi connectivity index (χ2n) is 14.1. The van der Waals surface area contributed by atoms with E-state index in [1.807, 2.05) is 13.8 Å². The van der Waals surface area contributed by atoms with Gasteiger partial charge in [-0.3, -0.25) is 0 Å². The van der Waals surface area contributed by atoms with Gasteiger partial charge in [0.15, 0.2) is 0 Å². The number of rotatable bonds is 4. The van der Waals surface area contributed by atoms with Crippen molar-refractivity contribution in [2.45, 2.75) is 123 Å². The summed E-state index contributed by atoms with van der Waals surface area (Å²) in [4.78, 5) is 0. The van der Waals surface area contributed by atoms with Crippen LogP contribution in [0.5, 0.6) is 0 Å². The highest BCUT2D eigenvalue weighted by Crippen LogP contribution is 2.76. The van der Waals surface area contributed by atoms with Crippen LogP contribution >= 0.6 is 0 Å². The fraction of sp³-hybridized carbons (Fsp3) is 1.00. The van der Waals surface area contributed by atoms with E-state index in [0.717, 1.165) is 64.2 Å². The van der Waals surface area contributed by atoms with E-state index in [2.05, 4.69) is 20.8 Å². The van der Waals surface area contributed by atoms with Gasteiger partial charge in [-0.1, -0.05) is 20.8 Å². The zero-order valence-electron chi connectivity index (χ0n) is 21.0. The second kappa shape index (κ2) is 7.15. The van der Waals surface area contributed by atoms with Crippen LogP contribution in [-0.2, 0) is 0 Å². The highest BCUT2D eigenvalue weighted by atomic mass is 19.3. The lowest BCUT2D eigenvalue weighted by atomic mass is 9.41. The Morgan fingerprint density at radius 2 is 1.56 bits per heavy atom. The van der Waals surface area contributed by atoms with Gasteiger partial charge in [-0.05, 0) is 124 Å². The molecule has 4 heteroatoms. The van der Waals surface area contributed by atoms with E-state index in [1.165, 1.54) is 0 Å². The first-order valence-electron chi connectivity index (χ1n) is 13.5. The number of halogens is 2. The quantitative estimate of drug-likeness (QED) is 0.491. The lowest BCUT2D eigenvalue weighted by molar-refractivity contribution is -0.254. The summed E-state index contributed by atoms with van der Waals surface area (Å²) in [6.45, 7) is 10.7. The molecule has 1 unspecified atom stereocenters. The van der Waals surface area contributed by atoms with Crippen molar-refractivity contribution in [3.05, 3.63) is 0 Å². The van der Waals surface area contributed by atoms with Gasteiger partial charge in [-0.2, -0.15) is 0 Å². The topological polar surface area (TPSA) is 40.5 Å². The maximum Gasteiger partial charge on any atom is 0.251 e. The molecule has 0 heterocycles. The van der Waals surface area contributed by atoms with Crippen LogP contribution in [0.15, 0.2) is 0 Å². The maximum absolute atomic E-state index is 16.1. The molecule has 5 rings (SSSR count). The number of aliphatic hydroxyl groups excluding tert-OH is 1. The molecule has 2 nitrogen and oxygen atoms in total. The summed E-state index contributed by atoms with van der Waals surface area (Å²) >= 11 is 0. The first-order chi connectivity index (χ1) is 14.7. The predicted octanol–water partition coefficient (Wildman–Crippen LogP) is 6.83. The summed E-state index contributed by atoms with van der Waals surface area (Å²) in [6.07, 6.45) is 9.03. The lowest BCUT2D eigenvalue weighted by Crippen LogP contribution is -2.63. The Bertz CT molecular complexity index is 740.